The van der Waals surface area contributed by atoms with Gasteiger partial charge in [0.2, 0.25) is 0 Å². The molecule has 31 heavy (non-hydrogen) atoms. The van der Waals surface area contributed by atoms with Crippen LogP contribution >= 0.6 is 15.9 Å². The number of methoxy groups -OCH3 is 3. The molecule has 0 amide bonds. The molecule has 0 radical (unpaired) electrons. The summed E-state index contributed by atoms with van der Waals surface area (Å²) >= 11 is 3.45. The maximum Gasteiger partial charge on any atom is 0.343 e. The van der Waals surface area contributed by atoms with Crippen LogP contribution in [0.15, 0.2) is 57.8 Å². The van der Waals surface area contributed by atoms with Crippen molar-refractivity contribution in [1.29, 1.82) is 0 Å². The molecule has 6 nitrogen and oxygen atoms in total. The Kier molecular flexibility index (Phi) is 7.17. The van der Waals surface area contributed by atoms with E-state index in [0.29, 0.717) is 17.9 Å². The van der Waals surface area contributed by atoms with Gasteiger partial charge in [-0.3, -0.25) is 4.79 Å². The molecule has 0 aliphatic rings. The second-order valence-electron chi connectivity index (χ2n) is 6.85. The molecular formula is C24H24BrNO5. The van der Waals surface area contributed by atoms with Crippen LogP contribution in [0.4, 0.5) is 0 Å². The van der Waals surface area contributed by atoms with Crippen molar-refractivity contribution in [2.24, 2.45) is 0 Å². The van der Waals surface area contributed by atoms with Crippen molar-refractivity contribution < 1.29 is 19.0 Å². The molecule has 1 aromatic heterocycles. The lowest BCUT2D eigenvalue weighted by atomic mass is 10.0. The summed E-state index contributed by atoms with van der Waals surface area (Å²) in [4.78, 5) is 25.7. The molecule has 0 aliphatic carbocycles. The third kappa shape index (κ3) is 4.66. The number of ether oxygens (including phenoxy) is 3. The van der Waals surface area contributed by atoms with Gasteiger partial charge < -0.3 is 18.8 Å². The van der Waals surface area contributed by atoms with Crippen molar-refractivity contribution in [3.8, 4) is 22.8 Å². The van der Waals surface area contributed by atoms with Crippen LogP contribution in [0.1, 0.15) is 28.4 Å². The van der Waals surface area contributed by atoms with Crippen molar-refractivity contribution in [3.05, 3.63) is 80.0 Å². The van der Waals surface area contributed by atoms with Gasteiger partial charge in [-0.15, -0.1) is 0 Å². The first-order valence-electron chi connectivity index (χ1n) is 9.75. The lowest BCUT2D eigenvalue weighted by molar-refractivity contribution is 0.0598. The minimum Gasteiger partial charge on any atom is -0.497 e. The summed E-state index contributed by atoms with van der Waals surface area (Å²) in [7, 11) is 4.42. The van der Waals surface area contributed by atoms with E-state index in [9.17, 15) is 9.59 Å². The number of carbonyl (C=O) groups excluding carboxylic acids is 1. The summed E-state index contributed by atoms with van der Waals surface area (Å²) in [5.74, 6) is 0.589. The Hall–Kier alpha value is -3.06. The Morgan fingerprint density at radius 3 is 2.26 bits per heavy atom. The number of halogens is 1. The summed E-state index contributed by atoms with van der Waals surface area (Å²) in [6.45, 7) is 2.21. The molecule has 0 spiro atoms. The van der Waals surface area contributed by atoms with E-state index < -0.39 is 11.5 Å². The fraction of sp³-hybridized carbons (Fsp3) is 0.250. The Morgan fingerprint density at radius 1 is 0.968 bits per heavy atom. The standard InChI is InChI=1S/C24H24BrNO5/c1-5-15-12-20(24(28)31-4)23(27)26(22(15)16-6-9-18(25)10-7-16)14-17-8-11-19(29-2)13-21(17)30-3/h6-13H,5,14H2,1-4H3. The second-order valence-corrected chi connectivity index (χ2v) is 7.77. The van der Waals surface area contributed by atoms with E-state index in [0.717, 1.165) is 26.9 Å². The molecule has 0 aliphatic heterocycles. The van der Waals surface area contributed by atoms with Crippen LogP contribution in [0.3, 0.4) is 0 Å². The number of benzene rings is 2. The predicted octanol–water partition coefficient (Wildman–Crippen LogP) is 4.69. The number of pyridine rings is 1. The van der Waals surface area contributed by atoms with Crippen LogP contribution in [-0.2, 0) is 17.7 Å². The topological polar surface area (TPSA) is 66.8 Å². The maximum atomic E-state index is 13.4. The zero-order valence-corrected chi connectivity index (χ0v) is 19.5. The summed E-state index contributed by atoms with van der Waals surface area (Å²) in [6, 6.07) is 14.8. The van der Waals surface area contributed by atoms with Crippen molar-refractivity contribution in [3.63, 3.8) is 0 Å². The van der Waals surface area contributed by atoms with Crippen LogP contribution in [-0.4, -0.2) is 31.9 Å². The number of esters is 1. The molecule has 3 aromatic rings. The van der Waals surface area contributed by atoms with Gasteiger partial charge in [0, 0.05) is 16.1 Å². The molecule has 162 valence electrons. The van der Waals surface area contributed by atoms with Crippen LogP contribution < -0.4 is 15.0 Å². The zero-order valence-electron chi connectivity index (χ0n) is 17.9. The highest BCUT2D eigenvalue weighted by molar-refractivity contribution is 9.10. The van der Waals surface area contributed by atoms with Gasteiger partial charge in [-0.05, 0) is 47.9 Å². The molecule has 0 N–H and O–H groups in total. The molecular weight excluding hydrogens is 462 g/mol. The number of nitrogens with zero attached hydrogens (tertiary/aromatic N) is 1. The third-order valence-corrected chi connectivity index (χ3v) is 5.62. The molecule has 0 fully saturated rings. The first-order chi connectivity index (χ1) is 14.9. The van der Waals surface area contributed by atoms with E-state index >= 15 is 0 Å². The zero-order chi connectivity index (χ0) is 22.5. The van der Waals surface area contributed by atoms with E-state index in [1.807, 2.05) is 43.3 Å². The summed E-state index contributed by atoms with van der Waals surface area (Å²) in [5.41, 5.74) is 2.88. The third-order valence-electron chi connectivity index (χ3n) is 5.09. The molecule has 0 atom stereocenters. The molecule has 7 heteroatoms. The molecule has 1 heterocycles. The van der Waals surface area contributed by atoms with Crippen molar-refractivity contribution >= 4 is 21.9 Å². The van der Waals surface area contributed by atoms with Gasteiger partial charge in [0.25, 0.3) is 5.56 Å². The Morgan fingerprint density at radius 2 is 1.68 bits per heavy atom. The van der Waals surface area contributed by atoms with Crippen LogP contribution in [0.25, 0.3) is 11.3 Å². The van der Waals surface area contributed by atoms with E-state index in [-0.39, 0.29) is 12.1 Å². The van der Waals surface area contributed by atoms with Gasteiger partial charge in [-0.25, -0.2) is 4.79 Å². The minimum absolute atomic E-state index is 0.00712. The SMILES string of the molecule is CCc1cc(C(=O)OC)c(=O)n(Cc2ccc(OC)cc2OC)c1-c1ccc(Br)cc1. The quantitative estimate of drug-likeness (QED) is 0.454. The summed E-state index contributed by atoms with van der Waals surface area (Å²) in [5, 5.41) is 0. The van der Waals surface area contributed by atoms with Gasteiger partial charge in [-0.2, -0.15) is 0 Å². The highest BCUT2D eigenvalue weighted by Gasteiger charge is 2.21. The Labute approximate surface area is 189 Å². The average molecular weight is 486 g/mol. The normalized spacial score (nSPS) is 10.6. The highest BCUT2D eigenvalue weighted by atomic mass is 79.9. The number of hydrogen-bond donors (Lipinski definition) is 0. The van der Waals surface area contributed by atoms with Crippen molar-refractivity contribution in [1.82, 2.24) is 4.57 Å². The molecule has 0 bridgehead atoms. The van der Waals surface area contributed by atoms with E-state index in [1.54, 1.807) is 30.9 Å². The average Bonchev–Trinajstić information content (AvgIpc) is 2.80. The first kappa shape index (κ1) is 22.6. The first-order valence-corrected chi connectivity index (χ1v) is 10.5. The number of hydrogen-bond acceptors (Lipinski definition) is 5. The largest absolute Gasteiger partial charge is 0.497 e. The van der Waals surface area contributed by atoms with Crippen molar-refractivity contribution in [2.75, 3.05) is 21.3 Å². The Balaban J connectivity index is 2.29. The van der Waals surface area contributed by atoms with Crippen LogP contribution in [0.2, 0.25) is 0 Å². The van der Waals surface area contributed by atoms with Crippen LogP contribution in [0.5, 0.6) is 11.5 Å². The van der Waals surface area contributed by atoms with Crippen LogP contribution in [0, 0.1) is 0 Å². The lowest BCUT2D eigenvalue weighted by Gasteiger charge is -2.20. The van der Waals surface area contributed by atoms with Gasteiger partial charge in [-0.1, -0.05) is 35.0 Å². The van der Waals surface area contributed by atoms with Gasteiger partial charge >= 0.3 is 5.97 Å². The molecule has 0 saturated carbocycles. The summed E-state index contributed by atoms with van der Waals surface area (Å²) < 4.78 is 18.2. The number of carbonyl (C=O) groups is 1. The molecule has 3 rings (SSSR count). The maximum absolute atomic E-state index is 13.4. The molecule has 2 aromatic carbocycles. The second kappa shape index (κ2) is 9.83. The fourth-order valence-electron chi connectivity index (χ4n) is 3.50. The fourth-order valence-corrected chi connectivity index (χ4v) is 3.77. The number of aryl methyl sites for hydroxylation is 1. The number of rotatable bonds is 7. The number of aromatic nitrogens is 1. The van der Waals surface area contributed by atoms with Crippen molar-refractivity contribution in [2.45, 2.75) is 19.9 Å². The Bertz CT molecular complexity index is 1150. The van der Waals surface area contributed by atoms with Gasteiger partial charge in [0.1, 0.15) is 17.1 Å². The van der Waals surface area contributed by atoms with E-state index in [2.05, 4.69) is 15.9 Å². The minimum atomic E-state index is -0.655. The lowest BCUT2D eigenvalue weighted by Crippen LogP contribution is -2.30. The van der Waals surface area contributed by atoms with Gasteiger partial charge in [0.15, 0.2) is 0 Å². The van der Waals surface area contributed by atoms with Gasteiger partial charge in [0.05, 0.1) is 33.6 Å². The molecule has 0 saturated heterocycles. The highest BCUT2D eigenvalue weighted by Crippen LogP contribution is 2.29. The monoisotopic (exact) mass is 485 g/mol. The summed E-state index contributed by atoms with van der Waals surface area (Å²) in [6.07, 6.45) is 0.634. The van der Waals surface area contributed by atoms with E-state index in [4.69, 9.17) is 14.2 Å². The molecule has 0 unspecified atom stereocenters. The predicted molar refractivity (Wildman–Crippen MR) is 123 cm³/mol. The van der Waals surface area contributed by atoms with E-state index in [1.165, 1.54) is 7.11 Å². The smallest absolute Gasteiger partial charge is 0.343 e.